The van der Waals surface area contributed by atoms with Crippen LogP contribution in [0.5, 0.6) is 5.75 Å². The van der Waals surface area contributed by atoms with Crippen LogP contribution in [0.2, 0.25) is 0 Å². The van der Waals surface area contributed by atoms with E-state index in [-0.39, 0.29) is 19.6 Å². The summed E-state index contributed by atoms with van der Waals surface area (Å²) in [4.78, 5) is 26.2. The molecular weight excluding hydrogens is 430 g/mol. The zero-order valence-electron chi connectivity index (χ0n) is 19.0. The monoisotopic (exact) mass is 459 g/mol. The van der Waals surface area contributed by atoms with Gasteiger partial charge in [0.1, 0.15) is 25.0 Å². The molecule has 3 aromatic rings. The predicted molar refractivity (Wildman–Crippen MR) is 130 cm³/mol. The molecule has 0 aliphatic rings. The van der Waals surface area contributed by atoms with Crippen LogP contribution >= 0.6 is 0 Å². The molecule has 0 radical (unpaired) electrons. The number of benzene rings is 3. The van der Waals surface area contributed by atoms with Crippen LogP contribution in [0, 0.1) is 0 Å². The van der Waals surface area contributed by atoms with Crippen LogP contribution in [0.4, 0.5) is 4.79 Å². The summed E-state index contributed by atoms with van der Waals surface area (Å²) in [7, 11) is 0. The molecule has 1 amide bonds. The topological polar surface area (TPSA) is 76.1 Å². The molecule has 0 saturated carbocycles. The fourth-order valence-electron chi connectivity index (χ4n) is 3.42. The number of carboxylic acids is 1. The van der Waals surface area contributed by atoms with E-state index in [9.17, 15) is 14.7 Å². The highest BCUT2D eigenvalue weighted by molar-refractivity contribution is 5.80. The molecule has 3 aromatic carbocycles. The van der Waals surface area contributed by atoms with Crippen molar-refractivity contribution in [3.05, 3.63) is 114 Å². The lowest BCUT2D eigenvalue weighted by Gasteiger charge is -2.28. The second-order valence-corrected chi connectivity index (χ2v) is 7.79. The Labute approximate surface area is 200 Å². The van der Waals surface area contributed by atoms with Crippen molar-refractivity contribution in [2.75, 3.05) is 6.54 Å². The lowest BCUT2D eigenvalue weighted by atomic mass is 10.0. The van der Waals surface area contributed by atoms with Crippen LogP contribution < -0.4 is 4.74 Å². The molecule has 0 unspecified atom stereocenters. The molecule has 0 heterocycles. The zero-order valence-corrected chi connectivity index (χ0v) is 19.0. The van der Waals surface area contributed by atoms with Gasteiger partial charge in [0.2, 0.25) is 0 Å². The first-order valence-corrected chi connectivity index (χ1v) is 11.1. The third-order valence-electron chi connectivity index (χ3n) is 5.28. The van der Waals surface area contributed by atoms with Gasteiger partial charge in [0.25, 0.3) is 0 Å². The fraction of sp³-hybridized carbons (Fsp3) is 0.214. The minimum atomic E-state index is -1.09. The lowest BCUT2D eigenvalue weighted by molar-refractivity contribution is -0.142. The van der Waals surface area contributed by atoms with Gasteiger partial charge in [0.05, 0.1) is 0 Å². The molecule has 1 N–H and O–H groups in total. The standard InChI is InChI=1S/C28H29NO5/c1-2-3-18-29(28(32)34-21-24-12-8-5-9-13-24)26(27(30)31)19-22-14-16-25(17-15-22)33-20-23-10-6-4-7-11-23/h2,4-17,26H,1,3,18-21H2,(H,30,31)/t26-/m0/s1. The van der Waals surface area contributed by atoms with Gasteiger partial charge >= 0.3 is 12.1 Å². The highest BCUT2D eigenvalue weighted by atomic mass is 16.6. The molecule has 6 heteroatoms. The third-order valence-corrected chi connectivity index (χ3v) is 5.28. The molecule has 0 saturated heterocycles. The van der Waals surface area contributed by atoms with Crippen molar-refractivity contribution in [1.82, 2.24) is 4.90 Å². The summed E-state index contributed by atoms with van der Waals surface area (Å²) in [6, 6.07) is 25.3. The van der Waals surface area contributed by atoms with Crippen molar-refractivity contribution in [3.8, 4) is 5.75 Å². The van der Waals surface area contributed by atoms with E-state index in [1.165, 1.54) is 4.90 Å². The molecule has 0 aliphatic heterocycles. The van der Waals surface area contributed by atoms with Gasteiger partial charge in [0.15, 0.2) is 0 Å². The van der Waals surface area contributed by atoms with Crippen LogP contribution in [0.1, 0.15) is 23.1 Å². The second kappa shape index (κ2) is 12.8. The maximum Gasteiger partial charge on any atom is 0.410 e. The molecule has 0 spiro atoms. The highest BCUT2D eigenvalue weighted by Crippen LogP contribution is 2.18. The summed E-state index contributed by atoms with van der Waals surface area (Å²) < 4.78 is 11.2. The fourth-order valence-corrected chi connectivity index (χ4v) is 3.42. The maximum atomic E-state index is 12.8. The minimum Gasteiger partial charge on any atom is -0.489 e. The SMILES string of the molecule is C=CCCN(C(=O)OCc1ccccc1)[C@@H](Cc1ccc(OCc2ccccc2)cc1)C(=O)O. The van der Waals surface area contributed by atoms with E-state index in [1.807, 2.05) is 72.8 Å². The van der Waals surface area contributed by atoms with Gasteiger partial charge in [-0.3, -0.25) is 4.90 Å². The van der Waals surface area contributed by atoms with E-state index in [2.05, 4.69) is 6.58 Å². The number of ether oxygens (including phenoxy) is 2. The number of aliphatic carboxylic acids is 1. The molecule has 6 nitrogen and oxygen atoms in total. The van der Waals surface area contributed by atoms with Gasteiger partial charge in [0, 0.05) is 13.0 Å². The third kappa shape index (κ3) is 7.52. The van der Waals surface area contributed by atoms with Crippen LogP contribution in [0.15, 0.2) is 97.6 Å². The molecule has 0 fully saturated rings. The van der Waals surface area contributed by atoms with Gasteiger partial charge in [-0.2, -0.15) is 0 Å². The van der Waals surface area contributed by atoms with Crippen LogP contribution in [-0.4, -0.2) is 34.7 Å². The number of carboxylic acid groups (broad SMARTS) is 1. The van der Waals surface area contributed by atoms with Crippen molar-refractivity contribution >= 4 is 12.1 Å². The predicted octanol–water partition coefficient (Wildman–Crippen LogP) is 5.48. The average molecular weight is 460 g/mol. The average Bonchev–Trinajstić information content (AvgIpc) is 2.87. The maximum absolute atomic E-state index is 12.8. The summed E-state index contributed by atoms with van der Waals surface area (Å²) in [5, 5.41) is 9.90. The van der Waals surface area contributed by atoms with E-state index in [0.717, 1.165) is 16.7 Å². The number of hydrogen-bond donors (Lipinski definition) is 1. The van der Waals surface area contributed by atoms with E-state index in [4.69, 9.17) is 9.47 Å². The number of carbonyl (C=O) groups is 2. The number of hydrogen-bond acceptors (Lipinski definition) is 4. The summed E-state index contributed by atoms with van der Waals surface area (Å²) in [5.41, 5.74) is 2.67. The number of carbonyl (C=O) groups excluding carboxylic acids is 1. The molecular formula is C28H29NO5. The van der Waals surface area contributed by atoms with Crippen molar-refractivity contribution in [1.29, 1.82) is 0 Å². The molecule has 0 bridgehead atoms. The van der Waals surface area contributed by atoms with E-state index < -0.39 is 18.1 Å². The number of amides is 1. The molecule has 1 atom stereocenters. The molecule has 0 aromatic heterocycles. The van der Waals surface area contributed by atoms with Crippen molar-refractivity contribution in [3.63, 3.8) is 0 Å². The van der Waals surface area contributed by atoms with Gasteiger partial charge in [-0.05, 0) is 35.2 Å². The van der Waals surface area contributed by atoms with E-state index in [0.29, 0.717) is 18.8 Å². The normalized spacial score (nSPS) is 11.3. The Morgan fingerprint density at radius 3 is 2.00 bits per heavy atom. The smallest absolute Gasteiger partial charge is 0.410 e. The Kier molecular flexibility index (Phi) is 9.29. The first kappa shape index (κ1) is 24.6. The lowest BCUT2D eigenvalue weighted by Crippen LogP contribution is -2.47. The summed E-state index contributed by atoms with van der Waals surface area (Å²) in [6.07, 6.45) is 1.58. The first-order chi connectivity index (χ1) is 16.6. The molecule has 176 valence electrons. The Morgan fingerprint density at radius 2 is 1.44 bits per heavy atom. The van der Waals surface area contributed by atoms with Crippen LogP contribution in [0.3, 0.4) is 0 Å². The van der Waals surface area contributed by atoms with Crippen LogP contribution in [-0.2, 0) is 29.2 Å². The number of nitrogens with zero attached hydrogens (tertiary/aromatic N) is 1. The van der Waals surface area contributed by atoms with Gasteiger partial charge in [-0.15, -0.1) is 6.58 Å². The van der Waals surface area contributed by atoms with E-state index >= 15 is 0 Å². The van der Waals surface area contributed by atoms with Gasteiger partial charge < -0.3 is 14.6 Å². The quantitative estimate of drug-likeness (QED) is 0.363. The molecule has 0 aliphatic carbocycles. The molecule has 3 rings (SSSR count). The Bertz CT molecular complexity index is 1050. The second-order valence-electron chi connectivity index (χ2n) is 7.79. The Balaban J connectivity index is 1.65. The van der Waals surface area contributed by atoms with Crippen molar-refractivity contribution in [2.24, 2.45) is 0 Å². The molecule has 34 heavy (non-hydrogen) atoms. The van der Waals surface area contributed by atoms with E-state index in [1.54, 1.807) is 18.2 Å². The largest absolute Gasteiger partial charge is 0.489 e. The first-order valence-electron chi connectivity index (χ1n) is 11.1. The Hall–Kier alpha value is -4.06. The number of rotatable bonds is 12. The van der Waals surface area contributed by atoms with Crippen LogP contribution in [0.25, 0.3) is 0 Å². The van der Waals surface area contributed by atoms with Crippen molar-refractivity contribution in [2.45, 2.75) is 32.1 Å². The zero-order chi connectivity index (χ0) is 24.2. The summed E-state index contributed by atoms with van der Waals surface area (Å²) in [6.45, 7) is 4.40. The Morgan fingerprint density at radius 1 is 0.853 bits per heavy atom. The summed E-state index contributed by atoms with van der Waals surface area (Å²) in [5.74, 6) is -0.407. The minimum absolute atomic E-state index is 0.0735. The van der Waals surface area contributed by atoms with Gasteiger partial charge in [-0.25, -0.2) is 9.59 Å². The summed E-state index contributed by atoms with van der Waals surface area (Å²) >= 11 is 0. The highest BCUT2D eigenvalue weighted by Gasteiger charge is 2.30. The van der Waals surface area contributed by atoms with Crippen molar-refractivity contribution < 1.29 is 24.2 Å². The van der Waals surface area contributed by atoms with Gasteiger partial charge in [-0.1, -0.05) is 78.9 Å².